The molecule has 1 heterocycles. The van der Waals surface area contributed by atoms with Gasteiger partial charge in [0, 0.05) is 12.7 Å². The summed E-state index contributed by atoms with van der Waals surface area (Å²) in [7, 11) is 0. The van der Waals surface area contributed by atoms with Gasteiger partial charge in [0.05, 0.1) is 23.9 Å². The minimum atomic E-state index is -0.524. The molecule has 0 radical (unpaired) electrons. The van der Waals surface area contributed by atoms with Crippen molar-refractivity contribution in [1.82, 2.24) is 15.1 Å². The van der Waals surface area contributed by atoms with Crippen molar-refractivity contribution in [2.75, 3.05) is 13.2 Å². The Labute approximate surface area is 137 Å². The first-order chi connectivity index (χ1) is 10.5. The summed E-state index contributed by atoms with van der Waals surface area (Å²) >= 11 is 0. The third-order valence-electron chi connectivity index (χ3n) is 2.73. The second-order valence-electron chi connectivity index (χ2n) is 7.26. The maximum atomic E-state index is 11.9. The van der Waals surface area contributed by atoms with Crippen molar-refractivity contribution in [2.24, 2.45) is 0 Å². The third kappa shape index (κ3) is 7.17. The molecule has 0 aromatic carbocycles. The lowest BCUT2D eigenvalue weighted by molar-refractivity contribution is 0.0483. The lowest BCUT2D eigenvalue weighted by Gasteiger charge is -2.19. The summed E-state index contributed by atoms with van der Waals surface area (Å²) in [6.45, 7) is 12.0. The smallest absolute Gasteiger partial charge is 0.407 e. The monoisotopic (exact) mass is 325 g/mol. The van der Waals surface area contributed by atoms with Gasteiger partial charge in [-0.15, -0.1) is 0 Å². The first-order valence-electron chi connectivity index (χ1n) is 7.68. The predicted octanol–water partition coefficient (Wildman–Crippen LogP) is 2.71. The highest BCUT2D eigenvalue weighted by atomic mass is 16.6. The molecule has 1 N–H and O–H groups in total. The van der Waals surface area contributed by atoms with Crippen LogP contribution in [0.1, 0.15) is 58.3 Å². The Morgan fingerprint density at radius 1 is 1.22 bits per heavy atom. The van der Waals surface area contributed by atoms with Crippen molar-refractivity contribution in [3.8, 4) is 0 Å². The van der Waals surface area contributed by atoms with E-state index in [1.54, 1.807) is 31.6 Å². The van der Waals surface area contributed by atoms with Crippen molar-refractivity contribution >= 4 is 12.1 Å². The van der Waals surface area contributed by atoms with E-state index in [0.29, 0.717) is 18.5 Å². The van der Waals surface area contributed by atoms with Gasteiger partial charge in [-0.1, -0.05) is 0 Å². The molecule has 7 nitrogen and oxygen atoms in total. The van der Waals surface area contributed by atoms with Gasteiger partial charge in [0.15, 0.2) is 0 Å². The highest BCUT2D eigenvalue weighted by Crippen LogP contribution is 2.13. The number of rotatable bonds is 5. The number of hydrogen-bond donors (Lipinski definition) is 1. The van der Waals surface area contributed by atoms with Crippen LogP contribution in [-0.2, 0) is 15.0 Å². The highest BCUT2D eigenvalue weighted by Gasteiger charge is 2.18. The van der Waals surface area contributed by atoms with E-state index in [0.717, 1.165) is 0 Å². The van der Waals surface area contributed by atoms with Gasteiger partial charge in [0.1, 0.15) is 5.60 Å². The summed E-state index contributed by atoms with van der Waals surface area (Å²) in [5.74, 6) is -0.419. The summed E-state index contributed by atoms with van der Waals surface area (Å²) < 4.78 is 12.0. The number of alkyl carbamates (subject to hydrolysis) is 1. The molecular weight excluding hydrogens is 298 g/mol. The maximum Gasteiger partial charge on any atom is 0.407 e. The summed E-state index contributed by atoms with van der Waals surface area (Å²) in [4.78, 5) is 23.3. The van der Waals surface area contributed by atoms with E-state index in [1.165, 1.54) is 6.20 Å². The molecule has 1 aromatic heterocycles. The molecule has 0 unspecified atom stereocenters. The molecule has 0 fully saturated rings. The van der Waals surface area contributed by atoms with Crippen LogP contribution in [0.25, 0.3) is 0 Å². The Morgan fingerprint density at radius 2 is 1.87 bits per heavy atom. The Kier molecular flexibility index (Phi) is 6.18. The molecule has 0 atom stereocenters. The molecule has 1 rings (SSSR count). The van der Waals surface area contributed by atoms with Crippen molar-refractivity contribution < 1.29 is 19.1 Å². The molecule has 0 saturated heterocycles. The second-order valence-corrected chi connectivity index (χ2v) is 7.26. The zero-order valence-corrected chi connectivity index (χ0v) is 14.8. The number of hydrogen-bond acceptors (Lipinski definition) is 5. The standard InChI is InChI=1S/C16H27N3O4/c1-15(2,3)19-11-12(10-18-19)13(20)22-9-7-8-17-14(21)23-16(4,5)6/h10-11H,7-9H2,1-6H3,(H,17,21). The molecule has 0 aliphatic heterocycles. The fourth-order valence-corrected chi connectivity index (χ4v) is 1.62. The summed E-state index contributed by atoms with van der Waals surface area (Å²) in [6.07, 6.45) is 3.20. The molecule has 23 heavy (non-hydrogen) atoms. The number of nitrogens with zero attached hydrogens (tertiary/aromatic N) is 2. The second kappa shape index (κ2) is 7.48. The van der Waals surface area contributed by atoms with E-state index in [4.69, 9.17) is 9.47 Å². The molecule has 1 aromatic rings. The van der Waals surface area contributed by atoms with Crippen LogP contribution in [0.4, 0.5) is 4.79 Å². The first-order valence-corrected chi connectivity index (χ1v) is 7.68. The summed E-state index contributed by atoms with van der Waals surface area (Å²) in [6, 6.07) is 0. The Morgan fingerprint density at radius 3 is 2.39 bits per heavy atom. The molecule has 130 valence electrons. The average molecular weight is 325 g/mol. The Bertz CT molecular complexity index is 538. The zero-order chi connectivity index (χ0) is 17.7. The zero-order valence-electron chi connectivity index (χ0n) is 14.8. The van der Waals surface area contributed by atoms with Gasteiger partial charge >= 0.3 is 12.1 Å². The summed E-state index contributed by atoms with van der Waals surface area (Å²) in [5.41, 5.74) is -0.292. The van der Waals surface area contributed by atoms with Crippen LogP contribution in [0.15, 0.2) is 12.4 Å². The summed E-state index contributed by atoms with van der Waals surface area (Å²) in [5, 5.41) is 6.76. The van der Waals surface area contributed by atoms with Crippen LogP contribution in [0.3, 0.4) is 0 Å². The minimum absolute atomic E-state index is 0.185. The van der Waals surface area contributed by atoms with Crippen LogP contribution in [-0.4, -0.2) is 40.6 Å². The van der Waals surface area contributed by atoms with E-state index in [2.05, 4.69) is 10.4 Å². The number of carbonyl (C=O) groups is 2. The largest absolute Gasteiger partial charge is 0.462 e. The predicted molar refractivity (Wildman–Crippen MR) is 86.4 cm³/mol. The van der Waals surface area contributed by atoms with Crippen LogP contribution in [0.2, 0.25) is 0 Å². The first kappa shape index (κ1) is 19.0. The highest BCUT2D eigenvalue weighted by molar-refractivity contribution is 5.88. The molecule has 0 aliphatic carbocycles. The molecule has 0 bridgehead atoms. The average Bonchev–Trinajstić information content (AvgIpc) is 2.85. The van der Waals surface area contributed by atoms with Gasteiger partial charge in [-0.05, 0) is 48.0 Å². The lowest BCUT2D eigenvalue weighted by atomic mass is 10.1. The van der Waals surface area contributed by atoms with Gasteiger partial charge < -0.3 is 14.8 Å². The number of carbonyl (C=O) groups excluding carboxylic acids is 2. The normalized spacial score (nSPS) is 11.9. The Hall–Kier alpha value is -2.05. The Balaban J connectivity index is 2.27. The van der Waals surface area contributed by atoms with Crippen LogP contribution >= 0.6 is 0 Å². The number of esters is 1. The van der Waals surface area contributed by atoms with Gasteiger partial charge in [-0.25, -0.2) is 9.59 Å². The molecular formula is C16H27N3O4. The molecule has 0 aliphatic rings. The third-order valence-corrected chi connectivity index (χ3v) is 2.73. The van der Waals surface area contributed by atoms with Gasteiger partial charge in [0.2, 0.25) is 0 Å². The minimum Gasteiger partial charge on any atom is -0.462 e. The molecule has 0 saturated carbocycles. The quantitative estimate of drug-likeness (QED) is 0.665. The van der Waals surface area contributed by atoms with E-state index in [9.17, 15) is 9.59 Å². The number of nitrogens with one attached hydrogen (secondary N) is 1. The maximum absolute atomic E-state index is 11.9. The van der Waals surface area contributed by atoms with Gasteiger partial charge in [-0.3, -0.25) is 4.68 Å². The van der Waals surface area contributed by atoms with Gasteiger partial charge in [0.25, 0.3) is 0 Å². The van der Waals surface area contributed by atoms with Crippen LogP contribution in [0.5, 0.6) is 0 Å². The van der Waals surface area contributed by atoms with Gasteiger partial charge in [-0.2, -0.15) is 5.10 Å². The number of ether oxygens (including phenoxy) is 2. The topological polar surface area (TPSA) is 82.4 Å². The number of aromatic nitrogens is 2. The van der Waals surface area contributed by atoms with Crippen LogP contribution < -0.4 is 5.32 Å². The van der Waals surface area contributed by atoms with Crippen LogP contribution in [0, 0.1) is 0 Å². The fraction of sp³-hybridized carbons (Fsp3) is 0.688. The van der Waals surface area contributed by atoms with Crippen molar-refractivity contribution in [3.05, 3.63) is 18.0 Å². The van der Waals surface area contributed by atoms with Crippen molar-refractivity contribution in [2.45, 2.75) is 59.1 Å². The van der Waals surface area contributed by atoms with Crippen molar-refractivity contribution in [1.29, 1.82) is 0 Å². The fourth-order valence-electron chi connectivity index (χ4n) is 1.62. The lowest BCUT2D eigenvalue weighted by Crippen LogP contribution is -2.33. The molecule has 0 spiro atoms. The van der Waals surface area contributed by atoms with E-state index < -0.39 is 17.7 Å². The van der Waals surface area contributed by atoms with E-state index in [1.807, 2.05) is 20.8 Å². The van der Waals surface area contributed by atoms with E-state index in [-0.39, 0.29) is 12.1 Å². The molecule has 1 amide bonds. The van der Waals surface area contributed by atoms with Crippen molar-refractivity contribution in [3.63, 3.8) is 0 Å². The molecule has 7 heteroatoms. The van der Waals surface area contributed by atoms with E-state index >= 15 is 0 Å². The number of amides is 1. The SMILES string of the molecule is CC(C)(C)OC(=O)NCCCOC(=O)c1cnn(C(C)(C)C)c1.